The second-order valence-electron chi connectivity index (χ2n) is 6.67. The molecule has 0 aliphatic heterocycles. The molecule has 0 saturated carbocycles. The van der Waals surface area contributed by atoms with E-state index >= 15 is 0 Å². The molecule has 7 heteroatoms. The molecule has 0 aliphatic rings. The summed E-state index contributed by atoms with van der Waals surface area (Å²) in [7, 11) is 0. The molecule has 146 valence electrons. The third-order valence-electron chi connectivity index (χ3n) is 3.37. The van der Waals surface area contributed by atoms with Crippen molar-refractivity contribution < 1.29 is 23.5 Å². The van der Waals surface area contributed by atoms with Crippen LogP contribution in [-0.2, 0) is 19.1 Å². The van der Waals surface area contributed by atoms with Gasteiger partial charge in [0.1, 0.15) is 5.82 Å². The van der Waals surface area contributed by atoms with E-state index in [0.29, 0.717) is 11.4 Å². The van der Waals surface area contributed by atoms with Crippen LogP contribution < -0.4 is 4.90 Å². The molecule has 1 aromatic rings. The number of esters is 2. The topological polar surface area (TPSA) is 63.7 Å². The predicted octanol–water partition coefficient (Wildman–Crippen LogP) is 3.89. The first-order valence-electron chi connectivity index (χ1n) is 8.29. The molecule has 0 aliphatic carbocycles. The van der Waals surface area contributed by atoms with E-state index in [1.165, 1.54) is 29.2 Å². The molecule has 1 atom stereocenters. The summed E-state index contributed by atoms with van der Waals surface area (Å²) in [6.07, 6.45) is 1.81. The molecule has 0 bridgehead atoms. The number of benzene rings is 1. The van der Waals surface area contributed by atoms with Gasteiger partial charge < -0.3 is 9.64 Å². The van der Waals surface area contributed by atoms with Gasteiger partial charge in [-0.2, -0.15) is 11.8 Å². The molecule has 0 saturated heterocycles. The van der Waals surface area contributed by atoms with E-state index in [1.54, 1.807) is 11.8 Å². The summed E-state index contributed by atoms with van der Waals surface area (Å²) in [6.45, 7) is 12.8. The van der Waals surface area contributed by atoms with Gasteiger partial charge in [-0.1, -0.05) is 33.9 Å². The number of nitrogens with zero attached hydrogens (tertiary/aromatic N) is 1. The molecular weight excluding hydrogens is 369 g/mol. The number of halogens is 1. The van der Waals surface area contributed by atoms with E-state index in [0.717, 1.165) is 12.2 Å². The number of anilines is 1. The van der Waals surface area contributed by atoms with Crippen LogP contribution >= 0.6 is 11.8 Å². The van der Waals surface area contributed by atoms with Gasteiger partial charge in [-0.05, 0) is 30.3 Å². The Kier molecular flexibility index (Phi) is 8.43. The number of hydrogen-bond acceptors (Lipinski definition) is 5. The normalized spacial score (nSPS) is 12.0. The molecule has 1 amide bonds. The van der Waals surface area contributed by atoms with Crippen molar-refractivity contribution in [2.45, 2.75) is 38.0 Å². The molecule has 0 N–H and O–H groups in total. The van der Waals surface area contributed by atoms with Gasteiger partial charge in [-0.3, -0.25) is 9.59 Å². The molecule has 1 aromatic carbocycles. The Balaban J connectivity index is 3.19. The summed E-state index contributed by atoms with van der Waals surface area (Å²) in [6, 6.07) is 4.74. The highest BCUT2D eigenvalue weighted by molar-refractivity contribution is 8.00. The Bertz CT molecular complexity index is 710. The second-order valence-corrected chi connectivity index (χ2v) is 8.51. The maximum absolute atomic E-state index is 13.3. The van der Waals surface area contributed by atoms with Gasteiger partial charge in [-0.25, -0.2) is 9.18 Å². The summed E-state index contributed by atoms with van der Waals surface area (Å²) < 4.78 is 17.8. The summed E-state index contributed by atoms with van der Waals surface area (Å²) in [4.78, 5) is 37.3. The minimum Gasteiger partial charge on any atom is -0.390 e. The Morgan fingerprint density at radius 3 is 2.26 bits per heavy atom. The fourth-order valence-electron chi connectivity index (χ4n) is 2.18. The summed E-state index contributed by atoms with van der Waals surface area (Å²) in [5.74, 6) is -2.11. The average Bonchev–Trinajstić information content (AvgIpc) is 2.60. The first-order valence-corrected chi connectivity index (χ1v) is 9.28. The van der Waals surface area contributed by atoms with Crippen molar-refractivity contribution in [3.8, 4) is 0 Å². The zero-order valence-corrected chi connectivity index (χ0v) is 16.6. The lowest BCUT2D eigenvalue weighted by atomic mass is 10.1. The van der Waals surface area contributed by atoms with Crippen LogP contribution in [0.1, 0.15) is 27.2 Å². The highest BCUT2D eigenvalue weighted by Gasteiger charge is 2.29. The lowest BCUT2D eigenvalue weighted by Crippen LogP contribution is -2.43. The molecule has 5 nitrogen and oxygen atoms in total. The first kappa shape index (κ1) is 22.6. The van der Waals surface area contributed by atoms with E-state index in [-0.39, 0.29) is 11.2 Å². The highest BCUT2D eigenvalue weighted by atomic mass is 32.2. The number of thioether (sulfide) groups is 1. The zero-order chi connectivity index (χ0) is 20.6. The number of amides is 1. The third kappa shape index (κ3) is 7.78. The van der Waals surface area contributed by atoms with E-state index in [1.807, 2.05) is 20.8 Å². The van der Waals surface area contributed by atoms with Crippen LogP contribution in [0.15, 0.2) is 49.6 Å². The largest absolute Gasteiger partial charge is 0.390 e. The maximum Gasteiger partial charge on any atom is 0.337 e. The van der Waals surface area contributed by atoms with Crippen LogP contribution in [0.5, 0.6) is 0 Å². The quantitative estimate of drug-likeness (QED) is 0.381. The van der Waals surface area contributed by atoms with Crippen molar-refractivity contribution >= 4 is 35.3 Å². The monoisotopic (exact) mass is 393 g/mol. The van der Waals surface area contributed by atoms with Crippen LogP contribution in [-0.4, -0.2) is 34.4 Å². The minimum atomic E-state index is -0.856. The summed E-state index contributed by atoms with van der Waals surface area (Å²) in [5, 5.41) is 0. The molecular formula is C20H24FNO4S. The molecule has 1 rings (SSSR count). The molecule has 0 spiro atoms. The van der Waals surface area contributed by atoms with E-state index in [4.69, 9.17) is 0 Å². The molecule has 0 aromatic heterocycles. The van der Waals surface area contributed by atoms with Gasteiger partial charge in [0.15, 0.2) is 0 Å². The van der Waals surface area contributed by atoms with Gasteiger partial charge in [0, 0.05) is 22.3 Å². The minimum absolute atomic E-state index is 0.120. The summed E-state index contributed by atoms with van der Waals surface area (Å²) in [5.41, 5.74) is 0.420. The van der Waals surface area contributed by atoms with Crippen LogP contribution in [0.4, 0.5) is 10.1 Å². The van der Waals surface area contributed by atoms with Crippen molar-refractivity contribution in [1.29, 1.82) is 0 Å². The highest BCUT2D eigenvalue weighted by Crippen LogP contribution is 2.29. The van der Waals surface area contributed by atoms with Gasteiger partial charge in [0.2, 0.25) is 0 Å². The third-order valence-corrected chi connectivity index (χ3v) is 4.79. The Hall–Kier alpha value is -2.41. The van der Waals surface area contributed by atoms with Crippen LogP contribution in [0.3, 0.4) is 0 Å². The Labute approximate surface area is 163 Å². The smallest absolute Gasteiger partial charge is 0.337 e. The zero-order valence-electron chi connectivity index (χ0n) is 15.7. The molecule has 0 fully saturated rings. The van der Waals surface area contributed by atoms with E-state index in [9.17, 15) is 18.8 Å². The van der Waals surface area contributed by atoms with E-state index < -0.39 is 29.7 Å². The molecule has 0 heterocycles. The van der Waals surface area contributed by atoms with Gasteiger partial charge in [0.05, 0.1) is 12.5 Å². The first-order chi connectivity index (χ1) is 12.6. The van der Waals surface area contributed by atoms with E-state index in [2.05, 4.69) is 17.9 Å². The van der Waals surface area contributed by atoms with Crippen LogP contribution in [0.2, 0.25) is 0 Å². The predicted molar refractivity (Wildman–Crippen MR) is 106 cm³/mol. The second kappa shape index (κ2) is 10.1. The maximum atomic E-state index is 13.3. The Morgan fingerprint density at radius 2 is 1.78 bits per heavy atom. The van der Waals surface area contributed by atoms with Gasteiger partial charge >= 0.3 is 11.9 Å². The number of carbonyl (C=O) groups is 3. The number of carbonyl (C=O) groups excluding carboxylic acids is 3. The van der Waals surface area contributed by atoms with Crippen molar-refractivity contribution in [3.05, 3.63) is 55.4 Å². The number of rotatable bonds is 8. The lowest BCUT2D eigenvalue weighted by molar-refractivity contribution is -0.156. The SMILES string of the molecule is C=CC(=O)OC(=O)CC(CSC(C)(C)C)N(C(=O)C=C)c1ccc(F)cc1. The average molecular weight is 393 g/mol. The molecule has 0 radical (unpaired) electrons. The van der Waals surface area contributed by atoms with Crippen molar-refractivity contribution in [2.24, 2.45) is 0 Å². The fourth-order valence-corrected chi connectivity index (χ4v) is 3.14. The lowest BCUT2D eigenvalue weighted by Gasteiger charge is -2.32. The summed E-state index contributed by atoms with van der Waals surface area (Å²) >= 11 is 1.55. The fraction of sp³-hybridized carbons (Fsp3) is 0.350. The number of ether oxygens (including phenoxy) is 1. The van der Waals surface area contributed by atoms with Crippen molar-refractivity contribution in [1.82, 2.24) is 0 Å². The van der Waals surface area contributed by atoms with Gasteiger partial charge in [-0.15, -0.1) is 0 Å². The molecule has 1 unspecified atom stereocenters. The number of hydrogen-bond donors (Lipinski definition) is 0. The van der Waals surface area contributed by atoms with Crippen molar-refractivity contribution in [2.75, 3.05) is 10.7 Å². The standard InChI is InChI=1S/C20H24FNO4S/c1-6-17(23)22(15-10-8-14(21)9-11-15)16(13-27-20(3,4)5)12-19(25)26-18(24)7-2/h6-11,16H,1-2,12-13H2,3-5H3. The molecule has 27 heavy (non-hydrogen) atoms. The van der Waals surface area contributed by atoms with Crippen LogP contribution in [0, 0.1) is 5.82 Å². The van der Waals surface area contributed by atoms with Crippen molar-refractivity contribution in [3.63, 3.8) is 0 Å². The Morgan fingerprint density at radius 1 is 1.19 bits per heavy atom. The van der Waals surface area contributed by atoms with Gasteiger partial charge in [0.25, 0.3) is 5.91 Å². The van der Waals surface area contributed by atoms with Crippen LogP contribution in [0.25, 0.3) is 0 Å².